The van der Waals surface area contributed by atoms with Crippen LogP contribution in [0.2, 0.25) is 0 Å². The average Bonchev–Trinajstić information content (AvgIpc) is 2.94. The van der Waals surface area contributed by atoms with Gasteiger partial charge in [0.05, 0.1) is 12.0 Å². The van der Waals surface area contributed by atoms with Crippen LogP contribution in [0.5, 0.6) is 0 Å². The monoisotopic (exact) mass is 389 g/mol. The summed E-state index contributed by atoms with van der Waals surface area (Å²) >= 11 is 0. The van der Waals surface area contributed by atoms with Crippen molar-refractivity contribution in [3.8, 4) is 0 Å². The first-order chi connectivity index (χ1) is 14.3. The summed E-state index contributed by atoms with van der Waals surface area (Å²) in [4.78, 5) is 9.16. The van der Waals surface area contributed by atoms with E-state index < -0.39 is 0 Å². The molecule has 152 valence electrons. The van der Waals surface area contributed by atoms with Crippen LogP contribution in [0.1, 0.15) is 31.9 Å². The van der Waals surface area contributed by atoms with Crippen molar-refractivity contribution in [2.24, 2.45) is 0 Å². The Morgan fingerprint density at radius 1 is 1.21 bits per heavy atom. The van der Waals surface area contributed by atoms with Gasteiger partial charge in [-0.2, -0.15) is 0 Å². The van der Waals surface area contributed by atoms with Crippen LogP contribution in [-0.2, 0) is 4.74 Å². The van der Waals surface area contributed by atoms with Gasteiger partial charge in [-0.1, -0.05) is 36.9 Å². The Balaban J connectivity index is 1.42. The lowest BCUT2D eigenvalue weighted by atomic mass is 10.0. The molecule has 0 aliphatic carbocycles. The Hall–Kier alpha value is -2.85. The first kappa shape index (κ1) is 20.9. The molecule has 4 heteroatoms. The van der Waals surface area contributed by atoms with Crippen molar-refractivity contribution >= 4 is 5.57 Å². The minimum absolute atomic E-state index is 0.941. The van der Waals surface area contributed by atoms with Crippen molar-refractivity contribution in [2.75, 3.05) is 26.2 Å². The molecule has 3 rings (SSSR count). The Bertz CT molecular complexity index is 818. The van der Waals surface area contributed by atoms with Crippen molar-refractivity contribution < 1.29 is 4.74 Å². The molecule has 1 aromatic heterocycles. The standard InChI is InChI=1S/C25H31N3O/c1-3-4-5-10-24-21-29-20-19-28(22(24)2)16-9-8-15-27-17-12-23(13-18-27)25-11-6-7-14-26-25/h3-7,10-12,14,19-21H,2,8-9,13,15-18H2,1H3/b4-3-,10-5-. The second-order valence-electron chi connectivity index (χ2n) is 7.22. The second kappa shape index (κ2) is 11.2. The molecule has 2 aliphatic heterocycles. The van der Waals surface area contributed by atoms with Crippen LogP contribution in [0.25, 0.3) is 5.57 Å². The highest BCUT2D eigenvalue weighted by Gasteiger charge is 2.14. The number of aromatic nitrogens is 1. The zero-order chi connectivity index (χ0) is 20.3. The third-order valence-corrected chi connectivity index (χ3v) is 5.18. The van der Waals surface area contributed by atoms with E-state index in [0.29, 0.717) is 0 Å². The van der Waals surface area contributed by atoms with Crippen molar-refractivity contribution in [1.82, 2.24) is 14.8 Å². The van der Waals surface area contributed by atoms with Crippen LogP contribution < -0.4 is 0 Å². The van der Waals surface area contributed by atoms with Gasteiger partial charge >= 0.3 is 0 Å². The summed E-state index contributed by atoms with van der Waals surface area (Å²) in [5.41, 5.74) is 4.46. The SMILES string of the molecule is C=C1C(/C=C\C=C/C)=COC=CN1CCCCN1CC=C(c2ccccn2)CC1. The molecule has 0 amide bonds. The number of hydrogen-bond acceptors (Lipinski definition) is 4. The summed E-state index contributed by atoms with van der Waals surface area (Å²) in [7, 11) is 0. The highest BCUT2D eigenvalue weighted by Crippen LogP contribution is 2.21. The number of rotatable bonds is 8. The molecule has 0 unspecified atom stereocenters. The molecule has 1 aromatic rings. The van der Waals surface area contributed by atoms with Crippen molar-refractivity contribution in [1.29, 1.82) is 0 Å². The molecule has 0 bridgehead atoms. The van der Waals surface area contributed by atoms with E-state index in [0.717, 1.165) is 56.0 Å². The van der Waals surface area contributed by atoms with Gasteiger partial charge in [-0.3, -0.25) is 9.88 Å². The third-order valence-electron chi connectivity index (χ3n) is 5.18. The fraction of sp³-hybridized carbons (Fsp3) is 0.320. The van der Waals surface area contributed by atoms with Gasteiger partial charge in [0.15, 0.2) is 0 Å². The first-order valence-corrected chi connectivity index (χ1v) is 10.4. The lowest BCUT2D eigenvalue weighted by Gasteiger charge is -2.27. The highest BCUT2D eigenvalue weighted by molar-refractivity contribution is 5.63. The van der Waals surface area contributed by atoms with Crippen molar-refractivity contribution in [3.05, 3.63) is 97.0 Å². The molecule has 0 spiro atoms. The highest BCUT2D eigenvalue weighted by atomic mass is 16.5. The second-order valence-corrected chi connectivity index (χ2v) is 7.22. The predicted molar refractivity (Wildman–Crippen MR) is 121 cm³/mol. The van der Waals surface area contributed by atoms with E-state index in [1.807, 2.05) is 49.7 Å². The number of nitrogens with zero attached hydrogens (tertiary/aromatic N) is 3. The number of allylic oxidation sites excluding steroid dienone is 4. The molecule has 0 fully saturated rings. The van der Waals surface area contributed by atoms with Gasteiger partial charge in [0, 0.05) is 43.3 Å². The van der Waals surface area contributed by atoms with E-state index in [4.69, 9.17) is 4.74 Å². The molecule has 2 aliphatic rings. The van der Waals surface area contributed by atoms with Crippen LogP contribution in [-0.4, -0.2) is 41.0 Å². The summed E-state index contributed by atoms with van der Waals surface area (Å²) in [6.45, 7) is 10.4. The van der Waals surface area contributed by atoms with E-state index in [1.165, 1.54) is 12.0 Å². The molecular weight excluding hydrogens is 358 g/mol. The molecule has 3 heterocycles. The van der Waals surface area contributed by atoms with Gasteiger partial charge in [0.1, 0.15) is 6.26 Å². The molecule has 4 nitrogen and oxygen atoms in total. The fourth-order valence-corrected chi connectivity index (χ4v) is 3.48. The quantitative estimate of drug-likeness (QED) is 0.446. The number of pyridine rings is 1. The smallest absolute Gasteiger partial charge is 0.106 e. The normalized spacial score (nSPS) is 18.1. The van der Waals surface area contributed by atoms with E-state index in [-0.39, 0.29) is 0 Å². The maximum Gasteiger partial charge on any atom is 0.106 e. The lowest BCUT2D eigenvalue weighted by molar-refractivity contribution is 0.289. The third kappa shape index (κ3) is 6.33. The van der Waals surface area contributed by atoms with Crippen LogP contribution in [0, 0.1) is 0 Å². The number of hydrogen-bond donors (Lipinski definition) is 0. The maximum atomic E-state index is 5.45. The van der Waals surface area contributed by atoms with Crippen LogP contribution in [0.4, 0.5) is 0 Å². The molecule has 0 aromatic carbocycles. The molecule has 0 radical (unpaired) electrons. The van der Waals surface area contributed by atoms with Gasteiger partial charge in [-0.25, -0.2) is 0 Å². The summed E-state index contributed by atoms with van der Waals surface area (Å²) in [6.07, 6.45) is 21.0. The predicted octanol–water partition coefficient (Wildman–Crippen LogP) is 5.28. The molecule has 0 N–H and O–H groups in total. The van der Waals surface area contributed by atoms with Crippen LogP contribution in [0.3, 0.4) is 0 Å². The topological polar surface area (TPSA) is 28.6 Å². The molecule has 29 heavy (non-hydrogen) atoms. The lowest BCUT2D eigenvalue weighted by Crippen LogP contribution is -2.30. The zero-order valence-corrected chi connectivity index (χ0v) is 17.3. The largest absolute Gasteiger partial charge is 0.470 e. The van der Waals surface area contributed by atoms with Gasteiger partial charge in [-0.15, -0.1) is 0 Å². The first-order valence-electron chi connectivity index (χ1n) is 10.4. The average molecular weight is 390 g/mol. The Labute approximate surface area is 174 Å². The number of unbranched alkanes of at least 4 members (excludes halogenated alkanes) is 1. The summed E-state index contributed by atoms with van der Waals surface area (Å²) in [6, 6.07) is 6.13. The van der Waals surface area contributed by atoms with Gasteiger partial charge in [-0.05, 0) is 56.5 Å². The van der Waals surface area contributed by atoms with E-state index in [1.54, 1.807) is 12.5 Å². The minimum Gasteiger partial charge on any atom is -0.470 e. The van der Waals surface area contributed by atoms with Crippen LogP contribution in [0.15, 0.2) is 91.3 Å². The fourth-order valence-electron chi connectivity index (χ4n) is 3.48. The van der Waals surface area contributed by atoms with Crippen molar-refractivity contribution in [2.45, 2.75) is 26.2 Å². The summed E-state index contributed by atoms with van der Waals surface area (Å²) in [5.74, 6) is 0. The number of ether oxygens (including phenoxy) is 1. The zero-order valence-electron chi connectivity index (χ0n) is 17.3. The van der Waals surface area contributed by atoms with E-state index in [9.17, 15) is 0 Å². The van der Waals surface area contributed by atoms with Gasteiger partial charge in [0.2, 0.25) is 0 Å². The molecular formula is C25H31N3O. The van der Waals surface area contributed by atoms with E-state index >= 15 is 0 Å². The van der Waals surface area contributed by atoms with Crippen LogP contribution >= 0.6 is 0 Å². The Morgan fingerprint density at radius 2 is 2.10 bits per heavy atom. The maximum absolute atomic E-state index is 5.45. The van der Waals surface area contributed by atoms with Gasteiger partial charge < -0.3 is 9.64 Å². The van der Waals surface area contributed by atoms with Gasteiger partial charge in [0.25, 0.3) is 0 Å². The molecule has 0 atom stereocenters. The summed E-state index contributed by atoms with van der Waals surface area (Å²) in [5, 5.41) is 0. The molecule has 0 saturated carbocycles. The Kier molecular flexibility index (Phi) is 8.08. The van der Waals surface area contributed by atoms with Crippen molar-refractivity contribution in [3.63, 3.8) is 0 Å². The van der Waals surface area contributed by atoms with E-state index in [2.05, 4.69) is 39.6 Å². The summed E-state index contributed by atoms with van der Waals surface area (Å²) < 4.78 is 5.45. The Morgan fingerprint density at radius 3 is 2.86 bits per heavy atom. The molecule has 0 saturated heterocycles. The minimum atomic E-state index is 0.941.